The Morgan fingerprint density at radius 2 is 1.36 bits per heavy atom. The molecule has 4 heteroatoms. The summed E-state index contributed by atoms with van der Waals surface area (Å²) in [5.41, 5.74) is 8.90. The number of hydrogen-bond acceptors (Lipinski definition) is 3. The number of fused-ring (bicyclic) bond motifs is 7. The first kappa shape index (κ1) is 25.2. The smallest absolute Gasteiger partial charge is 0.160 e. The summed E-state index contributed by atoms with van der Waals surface area (Å²) in [6.45, 7) is 0. The molecule has 9 rings (SSSR count). The van der Waals surface area contributed by atoms with E-state index in [1.165, 1.54) is 47.6 Å². The number of benzene rings is 5. The zero-order chi connectivity index (χ0) is 29.0. The molecule has 0 saturated carbocycles. The van der Waals surface area contributed by atoms with Crippen LogP contribution in [0.15, 0.2) is 140 Å². The van der Waals surface area contributed by atoms with Gasteiger partial charge in [0.15, 0.2) is 5.82 Å². The first-order chi connectivity index (χ1) is 21.8. The maximum absolute atomic E-state index is 5.09. The standard InChI is InChI=1S/C40H27N3S/c1-3-11-26(12-4-1)34-25-35(27-13-5-2-6-14-27)42-40(41-34)28-19-21-29(22-20-28)43-36-17-9-7-15-30(36)32-23-24-33-31-16-8-10-18-37(31)44-39(33)38(32)43/h1-5,7-13,15-25H,6,14H2. The molecule has 3 heterocycles. The van der Waals surface area contributed by atoms with Gasteiger partial charge in [0.05, 0.1) is 27.1 Å². The van der Waals surface area contributed by atoms with E-state index in [1.54, 1.807) is 0 Å². The lowest BCUT2D eigenvalue weighted by molar-refractivity contribution is 1.03. The number of nitrogens with zero attached hydrogens (tertiary/aromatic N) is 3. The van der Waals surface area contributed by atoms with E-state index in [-0.39, 0.29) is 0 Å². The summed E-state index contributed by atoms with van der Waals surface area (Å²) in [7, 11) is 0. The molecule has 1 aliphatic rings. The second kappa shape index (κ2) is 10.1. The van der Waals surface area contributed by atoms with E-state index in [9.17, 15) is 0 Å². The topological polar surface area (TPSA) is 30.7 Å². The van der Waals surface area contributed by atoms with Crippen molar-refractivity contribution >= 4 is 58.9 Å². The Bertz CT molecular complexity index is 2430. The molecular weight excluding hydrogens is 555 g/mol. The second-order valence-corrected chi connectivity index (χ2v) is 12.4. The predicted octanol–water partition coefficient (Wildman–Crippen LogP) is 11.0. The number of aromatic nitrogens is 3. The normalized spacial score (nSPS) is 13.3. The third-order valence-electron chi connectivity index (χ3n) is 8.70. The predicted molar refractivity (Wildman–Crippen MR) is 186 cm³/mol. The molecule has 3 nitrogen and oxygen atoms in total. The summed E-state index contributed by atoms with van der Waals surface area (Å²) < 4.78 is 5.07. The molecule has 0 radical (unpaired) electrons. The molecule has 0 atom stereocenters. The zero-order valence-electron chi connectivity index (χ0n) is 23.9. The fourth-order valence-electron chi connectivity index (χ4n) is 6.57. The van der Waals surface area contributed by atoms with E-state index in [2.05, 4.69) is 138 Å². The molecule has 8 aromatic rings. The molecule has 0 fully saturated rings. The van der Waals surface area contributed by atoms with Crippen LogP contribution in [0, 0.1) is 0 Å². The molecule has 0 bridgehead atoms. The van der Waals surface area contributed by atoms with Gasteiger partial charge < -0.3 is 4.57 Å². The second-order valence-electron chi connectivity index (χ2n) is 11.3. The van der Waals surface area contributed by atoms with Crippen LogP contribution in [0.5, 0.6) is 0 Å². The van der Waals surface area contributed by atoms with E-state index >= 15 is 0 Å². The van der Waals surface area contributed by atoms with Crippen LogP contribution in [0.2, 0.25) is 0 Å². The lowest BCUT2D eigenvalue weighted by Gasteiger charge is -2.13. The lowest BCUT2D eigenvalue weighted by Crippen LogP contribution is -2.00. The van der Waals surface area contributed by atoms with Gasteiger partial charge in [0.2, 0.25) is 0 Å². The Morgan fingerprint density at radius 1 is 0.614 bits per heavy atom. The average Bonchev–Trinajstić information content (AvgIpc) is 3.65. The van der Waals surface area contributed by atoms with Gasteiger partial charge in [-0.2, -0.15) is 0 Å². The van der Waals surface area contributed by atoms with Gasteiger partial charge in [-0.05, 0) is 60.9 Å². The number of para-hydroxylation sites is 1. The molecule has 1 aliphatic carbocycles. The van der Waals surface area contributed by atoms with Crippen LogP contribution < -0.4 is 0 Å². The first-order valence-corrected chi connectivity index (χ1v) is 15.9. The number of allylic oxidation sites excluding steroid dienone is 4. The SMILES string of the molecule is C1=CCCC(c2cc(-c3ccccc3)nc(-c3ccc(-n4c5ccccc5c5ccc6c7ccccc7sc6c54)cc3)n2)=C1. The van der Waals surface area contributed by atoms with Crippen LogP contribution in [0.4, 0.5) is 0 Å². The van der Waals surface area contributed by atoms with Crippen LogP contribution in [0.3, 0.4) is 0 Å². The molecule has 44 heavy (non-hydrogen) atoms. The Kier molecular flexibility index (Phi) is 5.81. The summed E-state index contributed by atoms with van der Waals surface area (Å²) in [4.78, 5) is 10.2. The van der Waals surface area contributed by atoms with Gasteiger partial charge in [-0.25, -0.2) is 9.97 Å². The molecule has 0 amide bonds. The number of thiophene rings is 1. The van der Waals surface area contributed by atoms with Gasteiger partial charge >= 0.3 is 0 Å². The third-order valence-corrected chi connectivity index (χ3v) is 9.90. The highest BCUT2D eigenvalue weighted by atomic mass is 32.1. The maximum Gasteiger partial charge on any atom is 0.160 e. The maximum atomic E-state index is 5.09. The summed E-state index contributed by atoms with van der Waals surface area (Å²) in [6, 6.07) is 43.4. The van der Waals surface area contributed by atoms with E-state index in [4.69, 9.17) is 9.97 Å². The largest absolute Gasteiger partial charge is 0.308 e. The Balaban J connectivity index is 1.23. The van der Waals surface area contributed by atoms with Crippen molar-refractivity contribution in [1.82, 2.24) is 14.5 Å². The van der Waals surface area contributed by atoms with Crippen LogP contribution >= 0.6 is 11.3 Å². The van der Waals surface area contributed by atoms with Crippen molar-refractivity contribution in [2.24, 2.45) is 0 Å². The van der Waals surface area contributed by atoms with Crippen molar-refractivity contribution in [3.63, 3.8) is 0 Å². The van der Waals surface area contributed by atoms with Crippen molar-refractivity contribution < 1.29 is 0 Å². The van der Waals surface area contributed by atoms with E-state index in [0.717, 1.165) is 46.9 Å². The highest BCUT2D eigenvalue weighted by Crippen LogP contribution is 2.43. The van der Waals surface area contributed by atoms with Gasteiger partial charge in [0, 0.05) is 43.1 Å². The van der Waals surface area contributed by atoms with Gasteiger partial charge in [-0.3, -0.25) is 0 Å². The van der Waals surface area contributed by atoms with Crippen LogP contribution in [0.25, 0.3) is 75.9 Å². The zero-order valence-corrected chi connectivity index (χ0v) is 24.8. The fourth-order valence-corrected chi connectivity index (χ4v) is 7.81. The monoisotopic (exact) mass is 581 g/mol. The number of hydrogen-bond donors (Lipinski definition) is 0. The summed E-state index contributed by atoms with van der Waals surface area (Å²) in [6.07, 6.45) is 8.55. The average molecular weight is 582 g/mol. The quantitative estimate of drug-likeness (QED) is 0.207. The molecule has 0 spiro atoms. The van der Waals surface area contributed by atoms with E-state index < -0.39 is 0 Å². The Labute approximate surface area is 259 Å². The van der Waals surface area contributed by atoms with Crippen molar-refractivity contribution in [2.45, 2.75) is 12.8 Å². The van der Waals surface area contributed by atoms with Gasteiger partial charge in [-0.15, -0.1) is 11.3 Å². The molecule has 3 aromatic heterocycles. The molecule has 0 N–H and O–H groups in total. The van der Waals surface area contributed by atoms with Crippen molar-refractivity contribution in [1.29, 1.82) is 0 Å². The van der Waals surface area contributed by atoms with Crippen molar-refractivity contribution in [3.8, 4) is 28.3 Å². The highest BCUT2D eigenvalue weighted by Gasteiger charge is 2.18. The molecule has 208 valence electrons. The van der Waals surface area contributed by atoms with Crippen LogP contribution in [-0.4, -0.2) is 14.5 Å². The minimum Gasteiger partial charge on any atom is -0.308 e. The fraction of sp³-hybridized carbons (Fsp3) is 0.0500. The first-order valence-electron chi connectivity index (χ1n) is 15.1. The summed E-state index contributed by atoms with van der Waals surface area (Å²) in [5.74, 6) is 0.748. The summed E-state index contributed by atoms with van der Waals surface area (Å²) in [5, 5.41) is 5.17. The van der Waals surface area contributed by atoms with Crippen molar-refractivity contribution in [2.75, 3.05) is 0 Å². The van der Waals surface area contributed by atoms with Gasteiger partial charge in [-0.1, -0.05) is 97.1 Å². The summed E-state index contributed by atoms with van der Waals surface area (Å²) >= 11 is 1.88. The van der Waals surface area contributed by atoms with Gasteiger partial charge in [0.25, 0.3) is 0 Å². The van der Waals surface area contributed by atoms with Crippen LogP contribution in [-0.2, 0) is 0 Å². The molecule has 0 aliphatic heterocycles. The minimum absolute atomic E-state index is 0.748. The number of rotatable bonds is 4. The Hall–Kier alpha value is -5.32. The van der Waals surface area contributed by atoms with E-state index in [1.807, 2.05) is 17.4 Å². The Morgan fingerprint density at radius 3 is 2.20 bits per heavy atom. The molecule has 0 saturated heterocycles. The lowest BCUT2D eigenvalue weighted by atomic mass is 10.00. The molecule has 5 aromatic carbocycles. The van der Waals surface area contributed by atoms with Gasteiger partial charge in [0.1, 0.15) is 0 Å². The van der Waals surface area contributed by atoms with Crippen molar-refractivity contribution in [3.05, 3.63) is 145 Å². The molecule has 0 unspecified atom stereocenters. The van der Waals surface area contributed by atoms with E-state index in [0.29, 0.717) is 0 Å². The highest BCUT2D eigenvalue weighted by molar-refractivity contribution is 7.26. The minimum atomic E-state index is 0.748. The molecular formula is C40H27N3S. The van der Waals surface area contributed by atoms with Crippen LogP contribution in [0.1, 0.15) is 18.5 Å². The third kappa shape index (κ3) is 4.03.